The van der Waals surface area contributed by atoms with Gasteiger partial charge >= 0.3 is 0 Å². The van der Waals surface area contributed by atoms with Crippen LogP contribution in [0.2, 0.25) is 0 Å². The van der Waals surface area contributed by atoms with Crippen LogP contribution in [0.1, 0.15) is 25.7 Å². The first-order chi connectivity index (χ1) is 10.9. The highest BCUT2D eigenvalue weighted by atomic mass is 16.2. The summed E-state index contributed by atoms with van der Waals surface area (Å²) >= 11 is 0. The summed E-state index contributed by atoms with van der Waals surface area (Å²) < 4.78 is 0. The van der Waals surface area contributed by atoms with Crippen LogP contribution in [0.5, 0.6) is 0 Å². The lowest BCUT2D eigenvalue weighted by atomic mass is 9.85. The van der Waals surface area contributed by atoms with Gasteiger partial charge in [-0.05, 0) is 26.9 Å². The first kappa shape index (κ1) is 19.5. The molecule has 23 heavy (non-hydrogen) atoms. The highest BCUT2D eigenvalue weighted by molar-refractivity contribution is 5.84. The summed E-state index contributed by atoms with van der Waals surface area (Å²) in [6.07, 6.45) is 6.85. The lowest BCUT2D eigenvalue weighted by Gasteiger charge is -2.33. The highest BCUT2D eigenvalue weighted by Crippen LogP contribution is 2.37. The average Bonchev–Trinajstić information content (AvgIpc) is 2.93. The Bertz CT molecular complexity index is 411. The van der Waals surface area contributed by atoms with E-state index in [0.717, 1.165) is 13.1 Å². The zero-order valence-corrected chi connectivity index (χ0v) is 15.2. The summed E-state index contributed by atoms with van der Waals surface area (Å²) in [4.78, 5) is 19.9. The largest absolute Gasteiger partial charge is 0.356 e. The number of aliphatic imine (C=N–C) groups is 1. The van der Waals surface area contributed by atoms with Gasteiger partial charge < -0.3 is 20.4 Å². The Labute approximate surface area is 141 Å². The van der Waals surface area contributed by atoms with Gasteiger partial charge in [0.25, 0.3) is 0 Å². The van der Waals surface area contributed by atoms with E-state index in [1.54, 1.807) is 25.1 Å². The molecule has 1 aliphatic carbocycles. The van der Waals surface area contributed by atoms with Crippen molar-refractivity contribution in [3.63, 3.8) is 0 Å². The Kier molecular flexibility index (Phi) is 8.09. The number of carbonyl (C=O) groups excluding carboxylic acids is 1. The standard InChI is InChI=1S/C17H33N5O/c1-6-11-18-16(19-12-15(23)22(4)5)20-13-17(14-21(2)3)9-7-8-10-17/h6H,1,7-14H2,2-5H3,(H2,18,19,20). The number of rotatable bonds is 8. The highest BCUT2D eigenvalue weighted by Gasteiger charge is 2.34. The summed E-state index contributed by atoms with van der Waals surface area (Å²) in [5.74, 6) is 0.679. The number of guanidine groups is 1. The Balaban J connectivity index is 2.66. The summed E-state index contributed by atoms with van der Waals surface area (Å²) in [5, 5.41) is 6.63. The van der Waals surface area contributed by atoms with Crippen LogP contribution in [0.25, 0.3) is 0 Å². The molecule has 0 bridgehead atoms. The number of carbonyl (C=O) groups is 1. The molecule has 6 heteroatoms. The Morgan fingerprint density at radius 3 is 2.39 bits per heavy atom. The minimum Gasteiger partial charge on any atom is -0.356 e. The smallest absolute Gasteiger partial charge is 0.243 e. The normalized spacial score (nSPS) is 17.2. The van der Waals surface area contributed by atoms with E-state index in [4.69, 9.17) is 0 Å². The topological polar surface area (TPSA) is 60.0 Å². The minimum atomic E-state index is -0.00595. The van der Waals surface area contributed by atoms with Gasteiger partial charge in [0.15, 0.2) is 5.96 Å². The van der Waals surface area contributed by atoms with Gasteiger partial charge in [-0.1, -0.05) is 18.9 Å². The van der Waals surface area contributed by atoms with Crippen molar-refractivity contribution in [2.45, 2.75) is 25.7 Å². The molecule has 132 valence electrons. The zero-order valence-electron chi connectivity index (χ0n) is 15.2. The van der Waals surface area contributed by atoms with Crippen molar-refractivity contribution in [2.75, 3.05) is 54.4 Å². The molecule has 0 spiro atoms. The van der Waals surface area contributed by atoms with E-state index in [-0.39, 0.29) is 12.5 Å². The molecule has 1 amide bonds. The van der Waals surface area contributed by atoms with E-state index in [2.05, 4.69) is 41.2 Å². The molecular weight excluding hydrogens is 290 g/mol. The lowest BCUT2D eigenvalue weighted by molar-refractivity contribution is -0.127. The van der Waals surface area contributed by atoms with Gasteiger partial charge in [0.1, 0.15) is 6.54 Å². The van der Waals surface area contributed by atoms with E-state index in [9.17, 15) is 4.79 Å². The van der Waals surface area contributed by atoms with E-state index in [1.807, 2.05) is 0 Å². The molecule has 0 saturated heterocycles. The fourth-order valence-electron chi connectivity index (χ4n) is 3.09. The van der Waals surface area contributed by atoms with E-state index < -0.39 is 0 Å². The number of likely N-dealkylation sites (N-methyl/N-ethyl adjacent to an activating group) is 1. The van der Waals surface area contributed by atoms with Gasteiger partial charge in [-0.25, -0.2) is 4.99 Å². The maximum absolute atomic E-state index is 11.7. The lowest BCUT2D eigenvalue weighted by Crippen LogP contribution is -2.46. The van der Waals surface area contributed by atoms with Gasteiger partial charge in [0.05, 0.1) is 0 Å². The van der Waals surface area contributed by atoms with Crippen LogP contribution in [0.3, 0.4) is 0 Å². The van der Waals surface area contributed by atoms with Gasteiger partial charge in [0.2, 0.25) is 5.91 Å². The van der Waals surface area contributed by atoms with Crippen LogP contribution in [0.4, 0.5) is 0 Å². The molecule has 1 rings (SSSR count). The van der Waals surface area contributed by atoms with E-state index in [0.29, 0.717) is 17.9 Å². The fraction of sp³-hybridized carbons (Fsp3) is 0.765. The van der Waals surface area contributed by atoms with Crippen molar-refractivity contribution in [1.29, 1.82) is 0 Å². The van der Waals surface area contributed by atoms with Gasteiger partial charge in [-0.3, -0.25) is 4.79 Å². The summed E-state index contributed by atoms with van der Waals surface area (Å²) in [5.41, 5.74) is 0.297. The SMILES string of the molecule is C=CCNC(=NCC(=O)N(C)C)NCC1(CN(C)C)CCCC1. The molecule has 0 aromatic heterocycles. The summed E-state index contributed by atoms with van der Waals surface area (Å²) in [6.45, 7) is 6.45. The third kappa shape index (κ3) is 7.03. The van der Waals surface area contributed by atoms with Crippen molar-refractivity contribution in [3.05, 3.63) is 12.7 Å². The third-order valence-corrected chi connectivity index (χ3v) is 4.23. The molecule has 2 N–H and O–H groups in total. The van der Waals surface area contributed by atoms with Crippen molar-refractivity contribution < 1.29 is 4.79 Å². The molecule has 0 radical (unpaired) electrons. The number of hydrogen-bond acceptors (Lipinski definition) is 3. The Morgan fingerprint density at radius 2 is 1.87 bits per heavy atom. The average molecular weight is 323 g/mol. The van der Waals surface area contributed by atoms with Crippen LogP contribution in [-0.4, -0.2) is 76.0 Å². The molecule has 0 atom stereocenters. The molecule has 6 nitrogen and oxygen atoms in total. The van der Waals surface area contributed by atoms with Crippen molar-refractivity contribution in [2.24, 2.45) is 10.4 Å². The van der Waals surface area contributed by atoms with E-state index in [1.165, 1.54) is 25.7 Å². The molecular formula is C17H33N5O. The molecule has 1 saturated carbocycles. The molecule has 0 unspecified atom stereocenters. The molecule has 0 aromatic carbocycles. The van der Waals surface area contributed by atoms with Crippen LogP contribution in [-0.2, 0) is 4.79 Å². The first-order valence-electron chi connectivity index (χ1n) is 8.36. The quantitative estimate of drug-likeness (QED) is 0.396. The van der Waals surface area contributed by atoms with Crippen molar-refractivity contribution in [3.8, 4) is 0 Å². The predicted octanol–water partition coefficient (Wildman–Crippen LogP) is 0.918. The van der Waals surface area contributed by atoms with Crippen LogP contribution in [0, 0.1) is 5.41 Å². The van der Waals surface area contributed by atoms with Gasteiger partial charge in [-0.2, -0.15) is 0 Å². The predicted molar refractivity (Wildman–Crippen MR) is 96.7 cm³/mol. The third-order valence-electron chi connectivity index (χ3n) is 4.23. The minimum absolute atomic E-state index is 0.00595. The van der Waals surface area contributed by atoms with Crippen molar-refractivity contribution >= 4 is 11.9 Å². The monoisotopic (exact) mass is 323 g/mol. The second-order valence-electron chi connectivity index (χ2n) is 6.92. The maximum atomic E-state index is 11.7. The van der Waals surface area contributed by atoms with E-state index >= 15 is 0 Å². The number of nitrogens with zero attached hydrogens (tertiary/aromatic N) is 3. The fourth-order valence-corrected chi connectivity index (χ4v) is 3.09. The van der Waals surface area contributed by atoms with Crippen LogP contribution in [0.15, 0.2) is 17.6 Å². The second kappa shape index (κ2) is 9.55. The number of amides is 1. The summed E-state index contributed by atoms with van der Waals surface area (Å²) in [6, 6.07) is 0. The molecule has 0 heterocycles. The maximum Gasteiger partial charge on any atom is 0.243 e. The number of nitrogens with one attached hydrogen (secondary N) is 2. The van der Waals surface area contributed by atoms with Crippen molar-refractivity contribution in [1.82, 2.24) is 20.4 Å². The molecule has 1 fully saturated rings. The molecule has 1 aliphatic rings. The van der Waals surface area contributed by atoms with Gasteiger partial charge in [0, 0.05) is 39.1 Å². The second-order valence-corrected chi connectivity index (χ2v) is 6.92. The Hall–Kier alpha value is -1.56. The molecule has 0 aliphatic heterocycles. The molecule has 0 aromatic rings. The van der Waals surface area contributed by atoms with Gasteiger partial charge in [-0.15, -0.1) is 6.58 Å². The number of hydrogen-bond donors (Lipinski definition) is 2. The van der Waals surface area contributed by atoms with Crippen LogP contribution >= 0.6 is 0 Å². The first-order valence-corrected chi connectivity index (χ1v) is 8.36. The summed E-state index contributed by atoms with van der Waals surface area (Å²) in [7, 11) is 7.74. The van der Waals surface area contributed by atoms with Crippen LogP contribution < -0.4 is 10.6 Å². The Morgan fingerprint density at radius 1 is 1.22 bits per heavy atom. The zero-order chi connectivity index (χ0) is 17.3.